The lowest BCUT2D eigenvalue weighted by atomic mass is 9.86. The molecule has 0 bridgehead atoms. The fourth-order valence-corrected chi connectivity index (χ4v) is 4.17. The zero-order valence-electron chi connectivity index (χ0n) is 17.7. The third-order valence-corrected chi connectivity index (χ3v) is 6.40. The van der Waals surface area contributed by atoms with Crippen molar-refractivity contribution in [2.75, 3.05) is 22.4 Å². The topological polar surface area (TPSA) is 75.7 Å². The monoisotopic (exact) mass is 416 g/mol. The van der Waals surface area contributed by atoms with Crippen LogP contribution in [0.1, 0.15) is 37.5 Å². The zero-order chi connectivity index (χ0) is 21.6. The maximum Gasteiger partial charge on any atom is 0.267 e. The van der Waals surface area contributed by atoms with Crippen LogP contribution in [0.25, 0.3) is 0 Å². The van der Waals surface area contributed by atoms with Gasteiger partial charge in [0.2, 0.25) is 10.0 Å². The van der Waals surface area contributed by atoms with Crippen molar-refractivity contribution >= 4 is 27.3 Å². The molecule has 0 aliphatic carbocycles. The van der Waals surface area contributed by atoms with Gasteiger partial charge in [0.15, 0.2) is 6.10 Å². The van der Waals surface area contributed by atoms with E-state index < -0.39 is 16.1 Å². The molecule has 6 nitrogen and oxygen atoms in total. The summed E-state index contributed by atoms with van der Waals surface area (Å²) in [6.45, 7) is 10.0. The summed E-state index contributed by atoms with van der Waals surface area (Å²) in [5.74, 6) is 0.00804. The molecule has 0 saturated heterocycles. The van der Waals surface area contributed by atoms with Crippen molar-refractivity contribution < 1.29 is 17.9 Å². The van der Waals surface area contributed by atoms with Crippen LogP contribution >= 0.6 is 0 Å². The Kier molecular flexibility index (Phi) is 5.38. The first-order valence-electron chi connectivity index (χ1n) is 9.54. The molecule has 0 spiro atoms. The van der Waals surface area contributed by atoms with Crippen LogP contribution in [0.3, 0.4) is 0 Å². The normalized spacial score (nSPS) is 16.8. The quantitative estimate of drug-likeness (QED) is 0.826. The van der Waals surface area contributed by atoms with Crippen LogP contribution in [-0.2, 0) is 20.2 Å². The highest BCUT2D eigenvalue weighted by molar-refractivity contribution is 7.92. The minimum Gasteiger partial charge on any atom is -0.476 e. The molecule has 0 fully saturated rings. The van der Waals surface area contributed by atoms with E-state index in [1.165, 1.54) is 4.31 Å². The second-order valence-electron chi connectivity index (χ2n) is 8.57. The first-order valence-corrected chi connectivity index (χ1v) is 11.4. The van der Waals surface area contributed by atoms with Gasteiger partial charge in [0.25, 0.3) is 5.91 Å². The maximum absolute atomic E-state index is 12.9. The molecule has 1 heterocycles. The van der Waals surface area contributed by atoms with Gasteiger partial charge in [-0.1, -0.05) is 39.0 Å². The fraction of sp³-hybridized carbons (Fsp3) is 0.409. The van der Waals surface area contributed by atoms with Crippen molar-refractivity contribution in [2.45, 2.75) is 46.1 Å². The number of ether oxygens (including phenoxy) is 1. The van der Waals surface area contributed by atoms with Gasteiger partial charge >= 0.3 is 0 Å². The summed E-state index contributed by atoms with van der Waals surface area (Å²) < 4.78 is 32.1. The number of benzene rings is 2. The van der Waals surface area contributed by atoms with E-state index in [1.54, 1.807) is 6.07 Å². The van der Waals surface area contributed by atoms with Crippen LogP contribution in [0.15, 0.2) is 36.4 Å². The number of fused-ring (bicyclic) bond motifs is 1. The molecule has 0 radical (unpaired) electrons. The minimum absolute atomic E-state index is 0.0733. The molecule has 0 unspecified atom stereocenters. The summed E-state index contributed by atoms with van der Waals surface area (Å²) in [5.41, 5.74) is 4.03. The Labute approximate surface area is 172 Å². The van der Waals surface area contributed by atoms with Gasteiger partial charge in [0, 0.05) is 5.69 Å². The Balaban J connectivity index is 1.94. The lowest BCUT2D eigenvalue weighted by molar-refractivity contribution is -0.122. The number of nitrogens with zero attached hydrogens (tertiary/aromatic N) is 1. The SMILES string of the molecule is Cc1cccc(NC(=O)[C@@H]2CN(S(C)(=O)=O)c3cc(C(C)(C)C)ccc3O2)c1C. The van der Waals surface area contributed by atoms with Crippen molar-refractivity contribution in [3.05, 3.63) is 53.1 Å². The largest absolute Gasteiger partial charge is 0.476 e. The van der Waals surface area contributed by atoms with Crippen LogP contribution < -0.4 is 14.4 Å². The Morgan fingerprint density at radius 3 is 2.48 bits per heavy atom. The van der Waals surface area contributed by atoms with E-state index in [0.29, 0.717) is 17.1 Å². The summed E-state index contributed by atoms with van der Waals surface area (Å²) in [6.07, 6.45) is 0.198. The molecule has 0 aromatic heterocycles. The first kappa shape index (κ1) is 21.2. The van der Waals surface area contributed by atoms with Gasteiger partial charge in [-0.25, -0.2) is 8.42 Å². The molecule has 1 atom stereocenters. The lowest BCUT2D eigenvalue weighted by Gasteiger charge is -2.35. The van der Waals surface area contributed by atoms with Gasteiger partial charge in [0.1, 0.15) is 5.75 Å². The average Bonchev–Trinajstić information content (AvgIpc) is 2.62. The van der Waals surface area contributed by atoms with Crippen molar-refractivity contribution in [1.29, 1.82) is 0 Å². The van der Waals surface area contributed by atoms with Crippen LogP contribution in [0, 0.1) is 13.8 Å². The Morgan fingerprint density at radius 1 is 1.17 bits per heavy atom. The molecule has 1 aliphatic rings. The molecule has 0 saturated carbocycles. The number of carbonyl (C=O) groups excluding carboxylic acids is 1. The van der Waals surface area contributed by atoms with Crippen molar-refractivity contribution in [3.8, 4) is 5.75 Å². The van der Waals surface area contributed by atoms with Gasteiger partial charge in [-0.2, -0.15) is 0 Å². The molecular formula is C22H28N2O4S. The summed E-state index contributed by atoms with van der Waals surface area (Å²) in [5, 5.41) is 2.87. The number of hydrogen-bond donors (Lipinski definition) is 1. The van der Waals surface area contributed by atoms with Crippen molar-refractivity contribution in [3.63, 3.8) is 0 Å². The number of hydrogen-bond acceptors (Lipinski definition) is 4. The minimum atomic E-state index is -3.58. The summed E-state index contributed by atoms with van der Waals surface area (Å²) >= 11 is 0. The molecule has 3 rings (SSSR count). The van der Waals surface area contributed by atoms with Crippen LogP contribution in [0.4, 0.5) is 11.4 Å². The van der Waals surface area contributed by atoms with Crippen LogP contribution in [-0.4, -0.2) is 33.2 Å². The molecular weight excluding hydrogens is 388 g/mol. The molecule has 156 valence electrons. The van der Waals surface area contributed by atoms with Gasteiger partial charge in [-0.05, 0) is 54.2 Å². The highest BCUT2D eigenvalue weighted by Crippen LogP contribution is 2.38. The summed E-state index contributed by atoms with van der Waals surface area (Å²) in [4.78, 5) is 12.9. The number of sulfonamides is 1. The number of carbonyl (C=O) groups is 1. The van der Waals surface area contributed by atoms with Crippen LogP contribution in [0.5, 0.6) is 5.75 Å². The molecule has 2 aromatic carbocycles. The van der Waals surface area contributed by atoms with Crippen molar-refractivity contribution in [2.24, 2.45) is 0 Å². The Bertz CT molecular complexity index is 1050. The van der Waals surface area contributed by atoms with E-state index in [4.69, 9.17) is 4.74 Å². The van der Waals surface area contributed by atoms with E-state index in [0.717, 1.165) is 22.9 Å². The van der Waals surface area contributed by atoms with Gasteiger partial charge in [-0.15, -0.1) is 0 Å². The van der Waals surface area contributed by atoms with E-state index >= 15 is 0 Å². The maximum atomic E-state index is 12.9. The van der Waals surface area contributed by atoms with Gasteiger partial charge in [-0.3, -0.25) is 9.10 Å². The summed E-state index contributed by atoms with van der Waals surface area (Å²) in [7, 11) is -3.58. The van der Waals surface area contributed by atoms with Crippen LogP contribution in [0.2, 0.25) is 0 Å². The van der Waals surface area contributed by atoms with E-state index in [2.05, 4.69) is 26.1 Å². The zero-order valence-corrected chi connectivity index (χ0v) is 18.6. The average molecular weight is 417 g/mol. The van der Waals surface area contributed by atoms with Gasteiger partial charge in [0.05, 0.1) is 18.5 Å². The van der Waals surface area contributed by atoms with Crippen molar-refractivity contribution in [1.82, 2.24) is 0 Å². The molecule has 1 N–H and O–H groups in total. The Morgan fingerprint density at radius 2 is 1.86 bits per heavy atom. The number of anilines is 2. The van der Waals surface area contributed by atoms with Gasteiger partial charge < -0.3 is 10.1 Å². The van der Waals surface area contributed by atoms with E-state index in [1.807, 2.05) is 44.2 Å². The highest BCUT2D eigenvalue weighted by atomic mass is 32.2. The number of aryl methyl sites for hydroxylation is 1. The number of nitrogens with one attached hydrogen (secondary N) is 1. The molecule has 2 aromatic rings. The fourth-order valence-electron chi connectivity index (χ4n) is 3.27. The molecule has 7 heteroatoms. The first-order chi connectivity index (χ1) is 13.4. The van der Waals surface area contributed by atoms with E-state index in [9.17, 15) is 13.2 Å². The molecule has 29 heavy (non-hydrogen) atoms. The number of rotatable bonds is 3. The highest BCUT2D eigenvalue weighted by Gasteiger charge is 2.36. The second kappa shape index (κ2) is 7.37. The lowest BCUT2D eigenvalue weighted by Crippen LogP contribution is -2.48. The summed E-state index contributed by atoms with van der Waals surface area (Å²) in [6, 6.07) is 11.1. The predicted octanol–water partition coefficient (Wildman–Crippen LogP) is 3.77. The number of amides is 1. The standard InChI is InChI=1S/C22H28N2O4S/c1-14-8-7-9-17(15(14)2)23-21(25)20-13-24(29(6,26)27)18-12-16(22(3,4)5)10-11-19(18)28-20/h7-12,20H,13H2,1-6H3,(H,23,25)/t20-/m0/s1. The predicted molar refractivity (Wildman–Crippen MR) is 116 cm³/mol. The Hall–Kier alpha value is -2.54. The smallest absolute Gasteiger partial charge is 0.267 e. The van der Waals surface area contributed by atoms with E-state index in [-0.39, 0.29) is 17.9 Å². The second-order valence-corrected chi connectivity index (χ2v) is 10.5. The third-order valence-electron chi connectivity index (χ3n) is 5.25. The third kappa shape index (κ3) is 4.40. The molecule has 1 amide bonds. The molecule has 1 aliphatic heterocycles.